The molecule has 1 fully saturated rings. The van der Waals surface area contributed by atoms with Crippen molar-refractivity contribution in [2.75, 3.05) is 47.1 Å². The molecule has 0 atom stereocenters. The van der Waals surface area contributed by atoms with Gasteiger partial charge in [0.25, 0.3) is 0 Å². The van der Waals surface area contributed by atoms with Crippen molar-refractivity contribution in [3.8, 4) is 0 Å². The highest BCUT2D eigenvalue weighted by molar-refractivity contribution is 5.04. The van der Waals surface area contributed by atoms with Gasteiger partial charge in [-0.15, -0.1) is 0 Å². The molecule has 0 bridgehead atoms. The second-order valence-electron chi connectivity index (χ2n) is 3.90. The van der Waals surface area contributed by atoms with E-state index in [1.54, 1.807) is 14.2 Å². The molecule has 0 heterocycles. The molecule has 1 aliphatic rings. The first kappa shape index (κ1) is 11.9. The predicted molar refractivity (Wildman–Crippen MR) is 56.3 cm³/mol. The second kappa shape index (κ2) is 5.66. The Hall–Kier alpha value is -0.160. The van der Waals surface area contributed by atoms with Crippen LogP contribution in [0, 0.1) is 0 Å². The van der Waals surface area contributed by atoms with Crippen LogP contribution in [0.15, 0.2) is 0 Å². The fourth-order valence-corrected chi connectivity index (χ4v) is 1.78. The summed E-state index contributed by atoms with van der Waals surface area (Å²) in [7, 11) is 3.47. The molecule has 1 saturated carbocycles. The van der Waals surface area contributed by atoms with Crippen LogP contribution in [0.25, 0.3) is 0 Å². The maximum atomic E-state index is 5.79. The van der Waals surface area contributed by atoms with Crippen molar-refractivity contribution in [3.05, 3.63) is 0 Å². The lowest BCUT2D eigenvalue weighted by molar-refractivity contribution is 0.0808. The van der Waals surface area contributed by atoms with Crippen molar-refractivity contribution >= 4 is 0 Å². The van der Waals surface area contributed by atoms with Crippen molar-refractivity contribution in [2.24, 2.45) is 5.73 Å². The van der Waals surface area contributed by atoms with Crippen LogP contribution in [0.2, 0.25) is 0 Å². The normalized spacial score (nSPS) is 18.9. The molecule has 1 rings (SSSR count). The smallest absolute Gasteiger partial charge is 0.0589 e. The molecule has 2 N–H and O–H groups in total. The molecule has 0 unspecified atom stereocenters. The lowest BCUT2D eigenvalue weighted by Gasteiger charge is -2.30. The summed E-state index contributed by atoms with van der Waals surface area (Å²) in [4.78, 5) is 2.40. The number of methoxy groups -OCH3 is 2. The summed E-state index contributed by atoms with van der Waals surface area (Å²) in [5.41, 5.74) is 6.05. The Morgan fingerprint density at radius 3 is 1.93 bits per heavy atom. The average Bonchev–Trinajstić information content (AvgIpc) is 2.99. The molecular formula is C10H22N2O2. The van der Waals surface area contributed by atoms with Crippen molar-refractivity contribution in [1.82, 2.24) is 4.90 Å². The first-order chi connectivity index (χ1) is 6.79. The highest BCUT2D eigenvalue weighted by atomic mass is 16.5. The third kappa shape index (κ3) is 2.92. The largest absolute Gasteiger partial charge is 0.383 e. The zero-order valence-corrected chi connectivity index (χ0v) is 9.29. The summed E-state index contributed by atoms with van der Waals surface area (Å²) in [5.74, 6) is 0. The van der Waals surface area contributed by atoms with E-state index in [0.717, 1.165) is 32.8 Å². The quantitative estimate of drug-likeness (QED) is 0.605. The minimum Gasteiger partial charge on any atom is -0.383 e. The molecule has 14 heavy (non-hydrogen) atoms. The van der Waals surface area contributed by atoms with Crippen molar-refractivity contribution in [1.29, 1.82) is 0 Å². The van der Waals surface area contributed by atoms with Crippen molar-refractivity contribution < 1.29 is 9.47 Å². The molecule has 4 nitrogen and oxygen atoms in total. The molecule has 1 aliphatic carbocycles. The number of nitrogens with zero attached hydrogens (tertiary/aromatic N) is 1. The number of hydrogen-bond donors (Lipinski definition) is 1. The molecule has 0 amide bonds. The summed E-state index contributed by atoms with van der Waals surface area (Å²) in [5, 5.41) is 0. The van der Waals surface area contributed by atoms with Crippen LogP contribution in [-0.2, 0) is 9.47 Å². The zero-order valence-electron chi connectivity index (χ0n) is 9.29. The maximum absolute atomic E-state index is 5.79. The van der Waals surface area contributed by atoms with Gasteiger partial charge in [0.15, 0.2) is 0 Å². The van der Waals surface area contributed by atoms with Crippen molar-refractivity contribution in [2.45, 2.75) is 18.4 Å². The molecule has 0 aromatic heterocycles. The van der Waals surface area contributed by atoms with Gasteiger partial charge in [-0.3, -0.25) is 4.90 Å². The molecule has 84 valence electrons. The molecule has 0 aliphatic heterocycles. The van der Waals surface area contributed by atoms with Gasteiger partial charge in [-0.1, -0.05) is 0 Å². The Labute approximate surface area is 86.3 Å². The Morgan fingerprint density at radius 1 is 1.14 bits per heavy atom. The average molecular weight is 202 g/mol. The fourth-order valence-electron chi connectivity index (χ4n) is 1.78. The Kier molecular flexibility index (Phi) is 4.81. The Balaban J connectivity index is 2.35. The van der Waals surface area contributed by atoms with Gasteiger partial charge in [0.2, 0.25) is 0 Å². The van der Waals surface area contributed by atoms with E-state index in [2.05, 4.69) is 4.90 Å². The van der Waals surface area contributed by atoms with E-state index < -0.39 is 0 Å². The topological polar surface area (TPSA) is 47.7 Å². The standard InChI is InChI=1S/C10H22N2O2/c1-13-7-5-12(6-8-14-2)10(9-11)3-4-10/h3-9,11H2,1-2H3. The van der Waals surface area contributed by atoms with E-state index >= 15 is 0 Å². The van der Waals surface area contributed by atoms with E-state index in [4.69, 9.17) is 15.2 Å². The maximum Gasteiger partial charge on any atom is 0.0589 e. The summed E-state index contributed by atoms with van der Waals surface area (Å²) < 4.78 is 10.2. The lowest BCUT2D eigenvalue weighted by atomic mass is 10.2. The lowest BCUT2D eigenvalue weighted by Crippen LogP contribution is -2.46. The van der Waals surface area contributed by atoms with Gasteiger partial charge in [0.1, 0.15) is 0 Å². The summed E-state index contributed by atoms with van der Waals surface area (Å²) in [6.45, 7) is 4.20. The van der Waals surface area contributed by atoms with Crippen LogP contribution in [0.5, 0.6) is 0 Å². The molecule has 0 radical (unpaired) electrons. The van der Waals surface area contributed by atoms with Gasteiger partial charge in [-0.05, 0) is 12.8 Å². The third-order valence-corrected chi connectivity index (χ3v) is 3.01. The number of ether oxygens (including phenoxy) is 2. The van der Waals surface area contributed by atoms with Crippen molar-refractivity contribution in [3.63, 3.8) is 0 Å². The van der Waals surface area contributed by atoms with Crippen LogP contribution in [0.3, 0.4) is 0 Å². The Morgan fingerprint density at radius 2 is 1.64 bits per heavy atom. The number of rotatable bonds is 8. The summed E-state index contributed by atoms with van der Waals surface area (Å²) >= 11 is 0. The molecular weight excluding hydrogens is 180 g/mol. The minimum absolute atomic E-state index is 0.261. The number of nitrogens with two attached hydrogens (primary N) is 1. The molecule has 0 spiro atoms. The monoisotopic (exact) mass is 202 g/mol. The zero-order chi connectivity index (χ0) is 10.4. The van der Waals surface area contributed by atoms with Gasteiger partial charge in [-0.25, -0.2) is 0 Å². The first-order valence-corrected chi connectivity index (χ1v) is 5.22. The van der Waals surface area contributed by atoms with Gasteiger partial charge >= 0.3 is 0 Å². The van der Waals surface area contributed by atoms with E-state index in [1.165, 1.54) is 12.8 Å². The second-order valence-corrected chi connectivity index (χ2v) is 3.90. The highest BCUT2D eigenvalue weighted by Gasteiger charge is 2.46. The summed E-state index contributed by atoms with van der Waals surface area (Å²) in [6.07, 6.45) is 2.44. The molecule has 4 heteroatoms. The van der Waals surface area contributed by atoms with Crippen LogP contribution in [0.4, 0.5) is 0 Å². The van der Waals surface area contributed by atoms with E-state index in [0.29, 0.717) is 0 Å². The van der Waals surface area contributed by atoms with Gasteiger partial charge in [-0.2, -0.15) is 0 Å². The fraction of sp³-hybridized carbons (Fsp3) is 1.00. The van der Waals surface area contributed by atoms with Crippen LogP contribution in [0.1, 0.15) is 12.8 Å². The highest BCUT2D eigenvalue weighted by Crippen LogP contribution is 2.40. The van der Waals surface area contributed by atoms with Gasteiger partial charge in [0, 0.05) is 39.4 Å². The van der Waals surface area contributed by atoms with Crippen LogP contribution >= 0.6 is 0 Å². The third-order valence-electron chi connectivity index (χ3n) is 3.01. The van der Waals surface area contributed by atoms with Crippen LogP contribution in [-0.4, -0.2) is 57.5 Å². The van der Waals surface area contributed by atoms with E-state index in [9.17, 15) is 0 Å². The van der Waals surface area contributed by atoms with Gasteiger partial charge < -0.3 is 15.2 Å². The first-order valence-electron chi connectivity index (χ1n) is 5.22. The molecule has 0 aromatic rings. The van der Waals surface area contributed by atoms with Crippen LogP contribution < -0.4 is 5.73 Å². The van der Waals surface area contributed by atoms with E-state index in [-0.39, 0.29) is 5.54 Å². The molecule has 0 saturated heterocycles. The SMILES string of the molecule is COCCN(CCOC)C1(CN)CC1. The van der Waals surface area contributed by atoms with E-state index in [1.807, 2.05) is 0 Å². The Bertz CT molecular complexity index is 152. The summed E-state index contributed by atoms with van der Waals surface area (Å²) in [6, 6.07) is 0. The van der Waals surface area contributed by atoms with Gasteiger partial charge in [0.05, 0.1) is 13.2 Å². The number of hydrogen-bond acceptors (Lipinski definition) is 4. The minimum atomic E-state index is 0.261. The molecule has 0 aromatic carbocycles. The predicted octanol–water partition coefficient (Wildman–Crippen LogP) is 0.0725.